The maximum Gasteiger partial charge on any atom is 0.332 e. The second-order valence-electron chi connectivity index (χ2n) is 6.09. The summed E-state index contributed by atoms with van der Waals surface area (Å²) in [4.78, 5) is 12.5. The fourth-order valence-electron chi connectivity index (χ4n) is 3.14. The van der Waals surface area contributed by atoms with E-state index in [1.54, 1.807) is 0 Å². The van der Waals surface area contributed by atoms with Crippen LogP contribution in [-0.4, -0.2) is 18.6 Å². The molecule has 0 heterocycles. The second kappa shape index (κ2) is 5.65. The number of para-hydroxylation sites is 1. The first-order chi connectivity index (χ1) is 9.43. The summed E-state index contributed by atoms with van der Waals surface area (Å²) in [6.45, 7) is 4.24. The van der Waals surface area contributed by atoms with E-state index in [4.69, 9.17) is 16.3 Å². The Kier molecular flexibility index (Phi) is 4.28. The van der Waals surface area contributed by atoms with Crippen molar-refractivity contribution in [2.45, 2.75) is 45.1 Å². The van der Waals surface area contributed by atoms with Gasteiger partial charge in [-0.3, -0.25) is 0 Å². The van der Waals surface area contributed by atoms with Crippen molar-refractivity contribution in [1.29, 1.82) is 0 Å². The predicted molar refractivity (Wildman–Crippen MR) is 82.1 cm³/mol. The van der Waals surface area contributed by atoms with Crippen LogP contribution in [0.1, 0.15) is 39.5 Å². The molecule has 1 N–H and O–H groups in total. The quantitative estimate of drug-likeness (QED) is 0.847. The highest BCUT2D eigenvalue weighted by Gasteiger charge is 2.53. The number of ether oxygens (including phenoxy) is 1. The third kappa shape index (κ3) is 2.51. The lowest BCUT2D eigenvalue weighted by Gasteiger charge is -2.48. The molecule has 1 aliphatic carbocycles. The monoisotopic (exact) mass is 295 g/mol. The lowest BCUT2D eigenvalue weighted by atomic mass is 9.63. The molecule has 1 aromatic rings. The summed E-state index contributed by atoms with van der Waals surface area (Å²) in [6, 6.07) is 7.52. The molecule has 3 nitrogen and oxygen atoms in total. The fourth-order valence-corrected chi connectivity index (χ4v) is 3.32. The Bertz CT molecular complexity index is 501. The molecule has 110 valence electrons. The minimum atomic E-state index is -0.717. The number of benzene rings is 1. The zero-order valence-corrected chi connectivity index (χ0v) is 13.1. The highest BCUT2D eigenvalue weighted by atomic mass is 35.5. The Morgan fingerprint density at radius 3 is 2.50 bits per heavy atom. The van der Waals surface area contributed by atoms with Gasteiger partial charge in [-0.05, 0) is 30.4 Å². The van der Waals surface area contributed by atoms with Gasteiger partial charge in [-0.15, -0.1) is 0 Å². The minimum Gasteiger partial charge on any atom is -0.467 e. The molecular formula is C16H22ClNO2. The highest BCUT2D eigenvalue weighted by molar-refractivity contribution is 6.33. The molecule has 1 aliphatic rings. The molecule has 0 amide bonds. The number of carbonyl (C=O) groups excluding carboxylic acids is 1. The first-order valence-electron chi connectivity index (χ1n) is 7.04. The van der Waals surface area contributed by atoms with Crippen LogP contribution < -0.4 is 5.32 Å². The van der Waals surface area contributed by atoms with Gasteiger partial charge in [-0.2, -0.15) is 0 Å². The van der Waals surface area contributed by atoms with Gasteiger partial charge in [-0.1, -0.05) is 50.4 Å². The van der Waals surface area contributed by atoms with Crippen LogP contribution >= 0.6 is 11.6 Å². The lowest BCUT2D eigenvalue weighted by Crippen LogP contribution is -2.59. The molecule has 0 spiro atoms. The molecular weight excluding hydrogens is 274 g/mol. The van der Waals surface area contributed by atoms with E-state index in [0.29, 0.717) is 5.02 Å². The zero-order valence-electron chi connectivity index (χ0n) is 12.3. The largest absolute Gasteiger partial charge is 0.467 e. The Morgan fingerprint density at radius 2 is 1.90 bits per heavy atom. The predicted octanol–water partition coefficient (Wildman–Crippen LogP) is 4.26. The highest BCUT2D eigenvalue weighted by Crippen LogP contribution is 2.47. The van der Waals surface area contributed by atoms with Crippen LogP contribution in [0.2, 0.25) is 5.02 Å². The third-order valence-electron chi connectivity index (χ3n) is 4.51. The van der Waals surface area contributed by atoms with Crippen molar-refractivity contribution in [2.24, 2.45) is 5.41 Å². The molecule has 0 bridgehead atoms. The number of anilines is 1. The van der Waals surface area contributed by atoms with Crippen LogP contribution in [0.15, 0.2) is 24.3 Å². The Labute approximate surface area is 125 Å². The van der Waals surface area contributed by atoms with Crippen LogP contribution in [0.4, 0.5) is 5.69 Å². The third-order valence-corrected chi connectivity index (χ3v) is 4.84. The summed E-state index contributed by atoms with van der Waals surface area (Å²) in [5, 5.41) is 4.02. The van der Waals surface area contributed by atoms with Crippen molar-refractivity contribution in [3.05, 3.63) is 29.3 Å². The molecule has 2 rings (SSSR count). The number of carbonyl (C=O) groups is 1. The summed E-state index contributed by atoms with van der Waals surface area (Å²) in [7, 11) is 1.45. The molecule has 1 fully saturated rings. The normalized spacial score (nSPS) is 25.0. The number of esters is 1. The number of halogens is 1. The lowest BCUT2D eigenvalue weighted by molar-refractivity contribution is -0.152. The van der Waals surface area contributed by atoms with Gasteiger partial charge in [0.2, 0.25) is 0 Å². The van der Waals surface area contributed by atoms with Crippen LogP contribution in [0.25, 0.3) is 0 Å². The summed E-state index contributed by atoms with van der Waals surface area (Å²) in [5.41, 5.74) is -0.114. The van der Waals surface area contributed by atoms with Gasteiger partial charge in [0.15, 0.2) is 0 Å². The van der Waals surface area contributed by atoms with Crippen LogP contribution in [0.3, 0.4) is 0 Å². The van der Waals surface area contributed by atoms with Crippen LogP contribution in [-0.2, 0) is 9.53 Å². The van der Waals surface area contributed by atoms with E-state index in [-0.39, 0.29) is 11.4 Å². The summed E-state index contributed by atoms with van der Waals surface area (Å²) in [6.07, 6.45) is 3.89. The Hall–Kier alpha value is -1.22. The summed E-state index contributed by atoms with van der Waals surface area (Å²) >= 11 is 6.23. The van der Waals surface area contributed by atoms with Gasteiger partial charge >= 0.3 is 5.97 Å². The SMILES string of the molecule is COC(=O)C1(Nc2ccccc2Cl)CCCCC1(C)C. The van der Waals surface area contributed by atoms with E-state index >= 15 is 0 Å². The van der Waals surface area contributed by atoms with E-state index in [2.05, 4.69) is 19.2 Å². The van der Waals surface area contributed by atoms with Gasteiger partial charge < -0.3 is 10.1 Å². The van der Waals surface area contributed by atoms with Crippen LogP contribution in [0.5, 0.6) is 0 Å². The van der Waals surface area contributed by atoms with E-state index in [1.807, 2.05) is 24.3 Å². The summed E-state index contributed by atoms with van der Waals surface area (Å²) in [5.74, 6) is -0.206. The Morgan fingerprint density at radius 1 is 1.25 bits per heavy atom. The minimum absolute atomic E-state index is 0.183. The van der Waals surface area contributed by atoms with Gasteiger partial charge in [0.05, 0.1) is 17.8 Å². The fraction of sp³-hybridized carbons (Fsp3) is 0.562. The molecule has 0 aliphatic heterocycles. The molecule has 4 heteroatoms. The first-order valence-corrected chi connectivity index (χ1v) is 7.42. The standard InChI is InChI=1S/C16H22ClNO2/c1-15(2)10-6-7-11-16(15,14(19)20-3)18-13-9-5-4-8-12(13)17/h4-5,8-9,18H,6-7,10-11H2,1-3H3. The van der Waals surface area contributed by atoms with Crippen molar-refractivity contribution in [3.8, 4) is 0 Å². The number of methoxy groups -OCH3 is 1. The van der Waals surface area contributed by atoms with Crippen molar-refractivity contribution < 1.29 is 9.53 Å². The molecule has 20 heavy (non-hydrogen) atoms. The van der Waals surface area contributed by atoms with E-state index in [0.717, 1.165) is 31.4 Å². The average Bonchev–Trinajstić information content (AvgIpc) is 2.42. The maximum atomic E-state index is 12.5. The topological polar surface area (TPSA) is 38.3 Å². The number of rotatable bonds is 3. The van der Waals surface area contributed by atoms with E-state index in [1.165, 1.54) is 7.11 Å². The van der Waals surface area contributed by atoms with Gasteiger partial charge in [0.1, 0.15) is 5.54 Å². The number of hydrogen-bond donors (Lipinski definition) is 1. The van der Waals surface area contributed by atoms with Crippen molar-refractivity contribution in [2.75, 3.05) is 12.4 Å². The molecule has 1 saturated carbocycles. The first kappa shape index (κ1) is 15.2. The van der Waals surface area contributed by atoms with Crippen molar-refractivity contribution >= 4 is 23.3 Å². The average molecular weight is 296 g/mol. The van der Waals surface area contributed by atoms with Crippen molar-refractivity contribution in [3.63, 3.8) is 0 Å². The second-order valence-corrected chi connectivity index (χ2v) is 6.50. The molecule has 0 saturated heterocycles. The smallest absolute Gasteiger partial charge is 0.332 e. The molecule has 0 aromatic heterocycles. The molecule has 1 unspecified atom stereocenters. The Balaban J connectivity index is 2.43. The van der Waals surface area contributed by atoms with E-state index in [9.17, 15) is 4.79 Å². The molecule has 0 radical (unpaired) electrons. The molecule has 1 atom stereocenters. The zero-order chi connectivity index (χ0) is 14.8. The number of nitrogens with one attached hydrogen (secondary N) is 1. The van der Waals surface area contributed by atoms with Crippen LogP contribution in [0, 0.1) is 5.41 Å². The maximum absolute atomic E-state index is 12.5. The van der Waals surface area contributed by atoms with Gasteiger partial charge in [-0.25, -0.2) is 4.79 Å². The van der Waals surface area contributed by atoms with Gasteiger partial charge in [0, 0.05) is 0 Å². The van der Waals surface area contributed by atoms with Crippen molar-refractivity contribution in [1.82, 2.24) is 0 Å². The van der Waals surface area contributed by atoms with Gasteiger partial charge in [0.25, 0.3) is 0 Å². The number of hydrogen-bond acceptors (Lipinski definition) is 3. The van der Waals surface area contributed by atoms with E-state index < -0.39 is 5.54 Å². The molecule has 1 aromatic carbocycles. The summed E-state index contributed by atoms with van der Waals surface area (Å²) < 4.78 is 5.10.